The van der Waals surface area contributed by atoms with E-state index in [1.54, 1.807) is 12.4 Å². The number of likely N-dealkylation sites (tertiary alicyclic amines) is 1. The molecular formula is C19H23N3O2. The number of aromatic nitrogens is 2. The van der Waals surface area contributed by atoms with Crippen molar-refractivity contribution in [1.82, 2.24) is 15.1 Å². The van der Waals surface area contributed by atoms with Gasteiger partial charge in [0.25, 0.3) is 0 Å². The largest absolute Gasteiger partial charge is 0.490 e. The van der Waals surface area contributed by atoms with Crippen molar-refractivity contribution >= 4 is 5.78 Å². The molecule has 1 saturated heterocycles. The second-order valence-corrected chi connectivity index (χ2v) is 7.15. The van der Waals surface area contributed by atoms with Crippen molar-refractivity contribution in [3.05, 3.63) is 47.8 Å². The molecule has 1 aromatic heterocycles. The summed E-state index contributed by atoms with van der Waals surface area (Å²) in [6.45, 7) is 4.59. The smallest absolute Gasteiger partial charge is 0.179 e. The van der Waals surface area contributed by atoms with E-state index in [1.165, 1.54) is 5.56 Å². The van der Waals surface area contributed by atoms with Crippen molar-refractivity contribution in [1.29, 1.82) is 0 Å². The zero-order valence-corrected chi connectivity index (χ0v) is 13.9. The summed E-state index contributed by atoms with van der Waals surface area (Å²) < 4.78 is 6.14. The Bertz CT molecular complexity index is 682. The lowest BCUT2D eigenvalue weighted by Gasteiger charge is -2.19. The number of benzene rings is 1. The highest BCUT2D eigenvalue weighted by molar-refractivity contribution is 5.97. The number of rotatable bonds is 5. The van der Waals surface area contributed by atoms with Gasteiger partial charge in [0.15, 0.2) is 5.78 Å². The summed E-state index contributed by atoms with van der Waals surface area (Å²) in [5.41, 5.74) is 1.93. The summed E-state index contributed by atoms with van der Waals surface area (Å²) in [5, 5.41) is 6.55. The molecule has 0 spiro atoms. The Morgan fingerprint density at radius 3 is 2.58 bits per heavy atom. The van der Waals surface area contributed by atoms with E-state index < -0.39 is 0 Å². The summed E-state index contributed by atoms with van der Waals surface area (Å²) in [4.78, 5) is 14.5. The van der Waals surface area contributed by atoms with E-state index >= 15 is 0 Å². The second kappa shape index (κ2) is 6.40. The third-order valence-electron chi connectivity index (χ3n) is 5.29. The number of nitrogens with one attached hydrogen (secondary N) is 1. The van der Waals surface area contributed by atoms with E-state index in [9.17, 15) is 4.79 Å². The number of nitrogens with zero attached hydrogens (tertiary/aromatic N) is 2. The van der Waals surface area contributed by atoms with Crippen LogP contribution in [0.2, 0.25) is 0 Å². The number of carbonyl (C=O) groups is 1. The Morgan fingerprint density at radius 1 is 1.25 bits per heavy atom. The normalized spacial score (nSPS) is 26.5. The van der Waals surface area contributed by atoms with Crippen LogP contribution in [0.15, 0.2) is 36.7 Å². The lowest BCUT2D eigenvalue weighted by atomic mass is 10.0. The highest BCUT2D eigenvalue weighted by Gasteiger charge is 2.42. The molecule has 0 radical (unpaired) electrons. The van der Waals surface area contributed by atoms with Crippen LogP contribution in [-0.4, -0.2) is 46.6 Å². The molecule has 1 N–H and O–H groups in total. The zero-order chi connectivity index (χ0) is 16.5. The molecule has 2 aliphatic rings. The van der Waals surface area contributed by atoms with Crippen LogP contribution in [0.3, 0.4) is 0 Å². The van der Waals surface area contributed by atoms with Gasteiger partial charge >= 0.3 is 0 Å². The molecule has 4 rings (SSSR count). The van der Waals surface area contributed by atoms with Crippen LogP contribution >= 0.6 is 0 Å². The predicted octanol–water partition coefficient (Wildman–Crippen LogP) is 2.69. The van der Waals surface area contributed by atoms with Crippen LogP contribution in [0.25, 0.3) is 0 Å². The Hall–Kier alpha value is -2.14. The molecule has 5 heteroatoms. The monoisotopic (exact) mass is 325 g/mol. The summed E-state index contributed by atoms with van der Waals surface area (Å²) >= 11 is 0. The van der Waals surface area contributed by atoms with Crippen molar-refractivity contribution in [3.63, 3.8) is 0 Å². The van der Waals surface area contributed by atoms with E-state index in [4.69, 9.17) is 4.74 Å². The minimum atomic E-state index is 0.149. The minimum Gasteiger partial charge on any atom is -0.490 e. The minimum absolute atomic E-state index is 0.149. The molecule has 0 amide bonds. The number of hydrogen-bond donors (Lipinski definition) is 1. The molecule has 2 fully saturated rings. The lowest BCUT2D eigenvalue weighted by molar-refractivity contribution is 0.0937. The maximum absolute atomic E-state index is 12.2. The molecule has 1 unspecified atom stereocenters. The van der Waals surface area contributed by atoms with E-state index in [-0.39, 0.29) is 5.78 Å². The topological polar surface area (TPSA) is 58.2 Å². The van der Waals surface area contributed by atoms with Crippen molar-refractivity contribution in [3.8, 4) is 5.75 Å². The molecule has 3 atom stereocenters. The van der Waals surface area contributed by atoms with E-state index in [0.29, 0.717) is 30.0 Å². The molecule has 0 bridgehead atoms. The highest BCUT2D eigenvalue weighted by atomic mass is 16.5. The maximum atomic E-state index is 12.2. The van der Waals surface area contributed by atoms with Gasteiger partial charge in [-0.05, 0) is 43.7 Å². The molecule has 1 aromatic carbocycles. The van der Waals surface area contributed by atoms with E-state index in [1.807, 2.05) is 0 Å². The van der Waals surface area contributed by atoms with Gasteiger partial charge in [0.1, 0.15) is 5.75 Å². The number of hydrogen-bond acceptors (Lipinski definition) is 4. The van der Waals surface area contributed by atoms with Crippen LogP contribution in [0, 0.1) is 18.8 Å². The molecule has 126 valence electrons. The van der Waals surface area contributed by atoms with Gasteiger partial charge in [0.05, 0.1) is 24.4 Å². The Balaban J connectivity index is 1.29. The average molecular weight is 325 g/mol. The SMILES string of the molecule is Cc1ccc(OC2C[C@@H]3CN(CC(=O)c4cn[nH]c4)C[C@@H]3C2)cc1. The molecule has 1 saturated carbocycles. The summed E-state index contributed by atoms with van der Waals surface area (Å²) in [7, 11) is 0. The Labute approximate surface area is 142 Å². The van der Waals surface area contributed by atoms with Crippen LogP contribution in [0.4, 0.5) is 0 Å². The van der Waals surface area contributed by atoms with Gasteiger partial charge in [0.2, 0.25) is 0 Å². The Kier molecular flexibility index (Phi) is 4.10. The summed E-state index contributed by atoms with van der Waals surface area (Å²) in [6.07, 6.45) is 5.77. The number of aryl methyl sites for hydroxylation is 1. The number of aromatic amines is 1. The van der Waals surface area contributed by atoms with Crippen molar-refractivity contribution in [2.75, 3.05) is 19.6 Å². The number of carbonyl (C=O) groups excluding carboxylic acids is 1. The number of fused-ring (bicyclic) bond motifs is 1. The average Bonchev–Trinajstić information content (AvgIpc) is 3.25. The first-order valence-corrected chi connectivity index (χ1v) is 8.65. The van der Waals surface area contributed by atoms with Crippen molar-refractivity contribution < 1.29 is 9.53 Å². The van der Waals surface area contributed by atoms with E-state index in [2.05, 4.69) is 46.3 Å². The molecule has 2 aromatic rings. The first-order valence-electron chi connectivity index (χ1n) is 8.65. The number of Topliss-reactive ketones (excluding diaryl/α,β-unsaturated/α-hetero) is 1. The van der Waals surface area contributed by atoms with Gasteiger partial charge in [-0.3, -0.25) is 14.8 Å². The molecule has 1 aliphatic carbocycles. The fourth-order valence-corrected chi connectivity index (χ4v) is 4.07. The fraction of sp³-hybridized carbons (Fsp3) is 0.474. The van der Waals surface area contributed by atoms with E-state index in [0.717, 1.165) is 31.7 Å². The zero-order valence-electron chi connectivity index (χ0n) is 13.9. The molecule has 5 nitrogen and oxygen atoms in total. The highest BCUT2D eigenvalue weighted by Crippen LogP contribution is 2.39. The first kappa shape index (κ1) is 15.4. The first-order chi connectivity index (χ1) is 11.7. The quantitative estimate of drug-likeness (QED) is 0.859. The van der Waals surface area contributed by atoms with Gasteiger partial charge < -0.3 is 4.74 Å². The summed E-state index contributed by atoms with van der Waals surface area (Å²) in [6, 6.07) is 8.29. The van der Waals surface area contributed by atoms with Crippen LogP contribution in [0.5, 0.6) is 5.75 Å². The third kappa shape index (κ3) is 3.22. The predicted molar refractivity (Wildman–Crippen MR) is 91.2 cm³/mol. The van der Waals surface area contributed by atoms with Gasteiger partial charge in [-0.15, -0.1) is 0 Å². The summed E-state index contributed by atoms with van der Waals surface area (Å²) in [5.74, 6) is 2.42. The molecule has 24 heavy (non-hydrogen) atoms. The van der Waals surface area contributed by atoms with Gasteiger partial charge in [-0.1, -0.05) is 17.7 Å². The standard InChI is InChI=1S/C19H23N3O2/c1-13-2-4-17(5-3-13)24-18-6-14-10-22(11-15(14)7-18)12-19(23)16-8-20-21-9-16/h2-5,8-9,14-15,18H,6-7,10-12H2,1H3,(H,20,21)/t14-,15+,18?. The van der Waals surface area contributed by atoms with Gasteiger partial charge in [-0.25, -0.2) is 0 Å². The lowest BCUT2D eigenvalue weighted by Crippen LogP contribution is -2.29. The number of ketones is 1. The number of ether oxygens (including phenoxy) is 1. The fourth-order valence-electron chi connectivity index (χ4n) is 4.07. The molecule has 1 aliphatic heterocycles. The number of H-pyrrole nitrogens is 1. The third-order valence-corrected chi connectivity index (χ3v) is 5.29. The second-order valence-electron chi connectivity index (χ2n) is 7.15. The molecular weight excluding hydrogens is 302 g/mol. The van der Waals surface area contributed by atoms with Crippen LogP contribution in [-0.2, 0) is 0 Å². The van der Waals surface area contributed by atoms with Gasteiger partial charge in [0, 0.05) is 19.3 Å². The Morgan fingerprint density at radius 2 is 1.96 bits per heavy atom. The molecule has 2 heterocycles. The van der Waals surface area contributed by atoms with Crippen molar-refractivity contribution in [2.45, 2.75) is 25.9 Å². The van der Waals surface area contributed by atoms with Gasteiger partial charge in [-0.2, -0.15) is 5.10 Å². The maximum Gasteiger partial charge on any atom is 0.179 e. The van der Waals surface area contributed by atoms with Crippen LogP contribution in [0.1, 0.15) is 28.8 Å². The van der Waals surface area contributed by atoms with Crippen molar-refractivity contribution in [2.24, 2.45) is 11.8 Å². The van der Waals surface area contributed by atoms with Crippen LogP contribution < -0.4 is 4.74 Å².